The fraction of sp³-hybridized carbons (Fsp3) is 0.167. The van der Waals surface area contributed by atoms with Crippen molar-refractivity contribution in [2.45, 2.75) is 13.0 Å². The monoisotopic (exact) mass is 282 g/mol. The van der Waals surface area contributed by atoms with E-state index in [1.54, 1.807) is 6.07 Å². The van der Waals surface area contributed by atoms with Gasteiger partial charge in [-0.3, -0.25) is 9.78 Å². The lowest BCUT2D eigenvalue weighted by Gasteiger charge is -2.11. The molecule has 1 unspecified atom stereocenters. The molecule has 1 atom stereocenters. The van der Waals surface area contributed by atoms with Gasteiger partial charge in [-0.15, -0.1) is 11.3 Å². The quantitative estimate of drug-likeness (QED) is 0.910. The number of hydrogen-bond acceptors (Lipinski definition) is 4. The van der Waals surface area contributed by atoms with Crippen molar-refractivity contribution in [1.29, 1.82) is 0 Å². The molecule has 4 nitrogen and oxygen atoms in total. The van der Waals surface area contributed by atoms with Gasteiger partial charge in [-0.05, 0) is 25.1 Å². The Hall–Kier alpha value is -1.59. The van der Waals surface area contributed by atoms with E-state index in [0.717, 1.165) is 4.88 Å². The molecule has 2 rings (SSSR count). The van der Waals surface area contributed by atoms with E-state index >= 15 is 0 Å². The molecule has 0 aromatic carbocycles. The molecule has 0 aliphatic carbocycles. The van der Waals surface area contributed by atoms with Crippen LogP contribution in [0.4, 0.5) is 0 Å². The maximum atomic E-state index is 11.9. The van der Waals surface area contributed by atoms with Crippen LogP contribution in [0.15, 0.2) is 30.6 Å². The lowest BCUT2D eigenvalue weighted by Crippen LogP contribution is -2.26. The number of nitrogens with one attached hydrogen (secondary N) is 1. The zero-order valence-electron chi connectivity index (χ0n) is 9.55. The molecule has 0 bridgehead atoms. The number of halogens is 1. The number of carbonyl (C=O) groups excluding carboxylic acids is 1. The Morgan fingerprint density at radius 1 is 1.50 bits per heavy atom. The van der Waals surface area contributed by atoms with E-state index in [1.165, 1.54) is 29.8 Å². The predicted molar refractivity (Wildman–Crippen MR) is 71.1 cm³/mol. The van der Waals surface area contributed by atoms with E-state index in [1.807, 2.05) is 13.0 Å². The molecule has 0 fully saturated rings. The molecule has 0 radical (unpaired) electrons. The highest BCUT2D eigenvalue weighted by atomic mass is 35.5. The van der Waals surface area contributed by atoms with Gasteiger partial charge < -0.3 is 10.4 Å². The third kappa shape index (κ3) is 3.00. The third-order valence-electron chi connectivity index (χ3n) is 2.35. The number of amides is 1. The number of aromatic hydroxyl groups is 1. The van der Waals surface area contributed by atoms with Crippen molar-refractivity contribution in [2.75, 3.05) is 0 Å². The SMILES string of the molecule is CC(NC(=O)c1cncc(O)c1)c1ccc(Cl)s1. The summed E-state index contributed by atoms with van der Waals surface area (Å²) in [5.41, 5.74) is 0.324. The summed E-state index contributed by atoms with van der Waals surface area (Å²) in [6.45, 7) is 1.87. The van der Waals surface area contributed by atoms with Crippen molar-refractivity contribution in [3.63, 3.8) is 0 Å². The molecule has 0 saturated heterocycles. The number of hydrogen-bond donors (Lipinski definition) is 2. The lowest BCUT2D eigenvalue weighted by molar-refractivity contribution is 0.0939. The van der Waals surface area contributed by atoms with Crippen LogP contribution in [-0.2, 0) is 0 Å². The summed E-state index contributed by atoms with van der Waals surface area (Å²) < 4.78 is 0.685. The van der Waals surface area contributed by atoms with Crippen LogP contribution in [0.25, 0.3) is 0 Å². The van der Waals surface area contributed by atoms with Crippen LogP contribution in [0, 0.1) is 0 Å². The van der Waals surface area contributed by atoms with E-state index in [0.29, 0.717) is 9.90 Å². The maximum Gasteiger partial charge on any atom is 0.253 e. The minimum absolute atomic E-state index is 0.0329. The zero-order chi connectivity index (χ0) is 13.1. The highest BCUT2D eigenvalue weighted by molar-refractivity contribution is 7.16. The molecule has 2 N–H and O–H groups in total. The van der Waals surface area contributed by atoms with Gasteiger partial charge in [-0.1, -0.05) is 11.6 Å². The minimum Gasteiger partial charge on any atom is -0.506 e. The van der Waals surface area contributed by atoms with Crippen LogP contribution in [-0.4, -0.2) is 16.0 Å². The van der Waals surface area contributed by atoms with E-state index in [2.05, 4.69) is 10.3 Å². The Balaban J connectivity index is 2.08. The van der Waals surface area contributed by atoms with Crippen molar-refractivity contribution in [2.24, 2.45) is 0 Å². The van der Waals surface area contributed by atoms with Gasteiger partial charge in [0.2, 0.25) is 0 Å². The molecule has 6 heteroatoms. The van der Waals surface area contributed by atoms with Gasteiger partial charge in [0.25, 0.3) is 5.91 Å². The summed E-state index contributed by atoms with van der Waals surface area (Å²) in [6.07, 6.45) is 2.68. The largest absolute Gasteiger partial charge is 0.506 e. The Morgan fingerprint density at radius 2 is 2.28 bits per heavy atom. The summed E-state index contributed by atoms with van der Waals surface area (Å²) in [7, 11) is 0. The molecule has 1 amide bonds. The number of carbonyl (C=O) groups is 1. The van der Waals surface area contributed by atoms with Gasteiger partial charge in [-0.25, -0.2) is 0 Å². The second-order valence-corrected chi connectivity index (χ2v) is 5.52. The first-order chi connectivity index (χ1) is 8.56. The Bertz CT molecular complexity index is 571. The highest BCUT2D eigenvalue weighted by Crippen LogP contribution is 2.26. The van der Waals surface area contributed by atoms with Crippen molar-refractivity contribution >= 4 is 28.8 Å². The van der Waals surface area contributed by atoms with E-state index in [-0.39, 0.29) is 17.7 Å². The van der Waals surface area contributed by atoms with Gasteiger partial charge in [0.1, 0.15) is 5.75 Å². The fourth-order valence-corrected chi connectivity index (χ4v) is 2.53. The first-order valence-corrected chi connectivity index (χ1v) is 6.46. The van der Waals surface area contributed by atoms with Gasteiger partial charge in [0, 0.05) is 11.1 Å². The van der Waals surface area contributed by atoms with Gasteiger partial charge in [0.15, 0.2) is 0 Å². The van der Waals surface area contributed by atoms with E-state index < -0.39 is 0 Å². The van der Waals surface area contributed by atoms with Crippen molar-refractivity contribution in [1.82, 2.24) is 10.3 Å². The average Bonchev–Trinajstić information content (AvgIpc) is 2.76. The molecule has 2 aromatic heterocycles. The van der Waals surface area contributed by atoms with E-state index in [4.69, 9.17) is 11.6 Å². The van der Waals surface area contributed by atoms with Crippen LogP contribution >= 0.6 is 22.9 Å². The summed E-state index contributed by atoms with van der Waals surface area (Å²) >= 11 is 7.26. The van der Waals surface area contributed by atoms with Gasteiger partial charge in [-0.2, -0.15) is 0 Å². The van der Waals surface area contributed by atoms with Crippen molar-refractivity contribution in [3.05, 3.63) is 45.4 Å². The smallest absolute Gasteiger partial charge is 0.253 e. The average molecular weight is 283 g/mol. The van der Waals surface area contributed by atoms with Crippen molar-refractivity contribution < 1.29 is 9.90 Å². The van der Waals surface area contributed by atoms with Crippen LogP contribution in [0.1, 0.15) is 28.2 Å². The number of thiophene rings is 1. The van der Waals surface area contributed by atoms with Crippen molar-refractivity contribution in [3.8, 4) is 5.75 Å². The van der Waals surface area contributed by atoms with Crippen LogP contribution in [0.3, 0.4) is 0 Å². The molecule has 0 aliphatic rings. The molecule has 0 aliphatic heterocycles. The third-order valence-corrected chi connectivity index (χ3v) is 3.77. The molecule has 94 valence electrons. The molecule has 2 aromatic rings. The summed E-state index contributed by atoms with van der Waals surface area (Å²) in [4.78, 5) is 16.6. The normalized spacial score (nSPS) is 12.1. The Labute approximate surface area is 113 Å². The number of nitrogens with zero attached hydrogens (tertiary/aromatic N) is 1. The second kappa shape index (κ2) is 5.37. The molecule has 0 saturated carbocycles. The summed E-state index contributed by atoms with van der Waals surface area (Å²) in [5, 5.41) is 12.1. The number of aromatic nitrogens is 1. The topological polar surface area (TPSA) is 62.2 Å². The maximum absolute atomic E-state index is 11.9. The minimum atomic E-state index is -0.282. The molecule has 18 heavy (non-hydrogen) atoms. The summed E-state index contributed by atoms with van der Waals surface area (Å²) in [5.74, 6) is -0.315. The predicted octanol–water partition coefficient (Wildman–Crippen LogP) is 2.99. The molecule has 2 heterocycles. The summed E-state index contributed by atoms with van der Waals surface area (Å²) in [6, 6.07) is 4.90. The second-order valence-electron chi connectivity index (χ2n) is 3.77. The molecular weight excluding hydrogens is 272 g/mol. The first kappa shape index (κ1) is 12.9. The highest BCUT2D eigenvalue weighted by Gasteiger charge is 2.13. The zero-order valence-corrected chi connectivity index (χ0v) is 11.1. The van der Waals surface area contributed by atoms with Crippen LogP contribution in [0.5, 0.6) is 5.75 Å². The van der Waals surface area contributed by atoms with Crippen LogP contribution < -0.4 is 5.32 Å². The molecular formula is C12H11ClN2O2S. The van der Waals surface area contributed by atoms with Crippen LogP contribution in [0.2, 0.25) is 4.34 Å². The van der Waals surface area contributed by atoms with Gasteiger partial charge in [0.05, 0.1) is 22.1 Å². The number of rotatable bonds is 3. The Morgan fingerprint density at radius 3 is 2.89 bits per heavy atom. The standard InChI is InChI=1S/C12H11ClN2O2S/c1-7(10-2-3-11(13)18-10)15-12(17)8-4-9(16)6-14-5-8/h2-7,16H,1H3,(H,15,17). The van der Waals surface area contributed by atoms with E-state index in [9.17, 15) is 9.90 Å². The molecule has 0 spiro atoms. The number of pyridine rings is 1. The fourth-order valence-electron chi connectivity index (χ4n) is 1.46. The van der Waals surface area contributed by atoms with Gasteiger partial charge >= 0.3 is 0 Å². The lowest BCUT2D eigenvalue weighted by atomic mass is 10.2. The first-order valence-electron chi connectivity index (χ1n) is 5.26. The Kier molecular flexibility index (Phi) is 3.84.